The Hall–Kier alpha value is -2.20. The molecule has 0 fully saturated rings. The lowest BCUT2D eigenvalue weighted by Crippen LogP contribution is -2.27. The molecule has 0 unspecified atom stereocenters. The molecule has 0 aliphatic carbocycles. The van der Waals surface area contributed by atoms with Crippen molar-refractivity contribution in [3.05, 3.63) is 58.6 Å². The number of hydrogen-bond acceptors (Lipinski definition) is 3. The van der Waals surface area contributed by atoms with Gasteiger partial charge in [-0.25, -0.2) is 0 Å². The predicted molar refractivity (Wildman–Crippen MR) is 84.2 cm³/mol. The van der Waals surface area contributed by atoms with Gasteiger partial charge >= 0.3 is 0 Å². The van der Waals surface area contributed by atoms with Crippen molar-refractivity contribution in [1.82, 2.24) is 4.90 Å². The van der Waals surface area contributed by atoms with E-state index in [2.05, 4.69) is 0 Å². The van der Waals surface area contributed by atoms with E-state index in [9.17, 15) is 4.79 Å². The number of benzene rings is 2. The van der Waals surface area contributed by atoms with Crippen molar-refractivity contribution in [2.45, 2.75) is 13.0 Å². The summed E-state index contributed by atoms with van der Waals surface area (Å²) in [5, 5.41) is 0.642. The third kappa shape index (κ3) is 3.34. The van der Waals surface area contributed by atoms with E-state index in [1.165, 1.54) is 0 Å². The van der Waals surface area contributed by atoms with Crippen LogP contribution in [0.5, 0.6) is 11.5 Å². The summed E-state index contributed by atoms with van der Waals surface area (Å²) in [4.78, 5) is 14.0. The molecule has 0 atom stereocenters. The topological polar surface area (TPSA) is 38.8 Å². The first-order valence-electron chi connectivity index (χ1n) is 6.99. The monoisotopic (exact) mass is 317 g/mol. The Morgan fingerprint density at radius 3 is 2.77 bits per heavy atom. The van der Waals surface area contributed by atoms with Gasteiger partial charge in [-0.05, 0) is 35.4 Å². The third-order valence-corrected chi connectivity index (χ3v) is 3.76. The van der Waals surface area contributed by atoms with Crippen molar-refractivity contribution in [3.63, 3.8) is 0 Å². The second-order valence-corrected chi connectivity index (χ2v) is 5.68. The Kier molecular flexibility index (Phi) is 4.20. The van der Waals surface area contributed by atoms with Crippen molar-refractivity contribution in [1.29, 1.82) is 0 Å². The second kappa shape index (κ2) is 6.28. The standard InChI is InChI=1S/C17H16ClNO3/c1-19(17(20)9-12-3-2-4-14(18)7-12)10-13-5-6-15-16(8-13)22-11-21-15/h2-8H,9-11H2,1H3. The number of hydrogen-bond donors (Lipinski definition) is 0. The quantitative estimate of drug-likeness (QED) is 0.868. The highest BCUT2D eigenvalue weighted by atomic mass is 35.5. The summed E-state index contributed by atoms with van der Waals surface area (Å²) in [5.41, 5.74) is 1.92. The number of nitrogens with zero attached hydrogens (tertiary/aromatic N) is 1. The van der Waals surface area contributed by atoms with Gasteiger partial charge in [-0.3, -0.25) is 4.79 Å². The number of amides is 1. The molecule has 0 spiro atoms. The Balaban J connectivity index is 1.63. The Labute approximate surface area is 134 Å². The minimum atomic E-state index is 0.0416. The smallest absolute Gasteiger partial charge is 0.231 e. The van der Waals surface area contributed by atoms with E-state index in [1.807, 2.05) is 36.4 Å². The summed E-state index contributed by atoms with van der Waals surface area (Å²) in [5.74, 6) is 1.52. The molecule has 114 valence electrons. The minimum absolute atomic E-state index is 0.0416. The van der Waals surface area contributed by atoms with Gasteiger partial charge < -0.3 is 14.4 Å². The van der Waals surface area contributed by atoms with Gasteiger partial charge in [0.25, 0.3) is 0 Å². The van der Waals surface area contributed by atoms with Gasteiger partial charge in [0.2, 0.25) is 12.7 Å². The molecule has 1 amide bonds. The van der Waals surface area contributed by atoms with Gasteiger partial charge in [0.1, 0.15) is 0 Å². The molecule has 0 bridgehead atoms. The van der Waals surface area contributed by atoms with Crippen LogP contribution in [0.2, 0.25) is 5.02 Å². The van der Waals surface area contributed by atoms with Crippen LogP contribution in [0.1, 0.15) is 11.1 Å². The summed E-state index contributed by atoms with van der Waals surface area (Å²) in [6, 6.07) is 13.1. The second-order valence-electron chi connectivity index (χ2n) is 5.24. The molecule has 0 saturated heterocycles. The van der Waals surface area contributed by atoms with E-state index in [0.29, 0.717) is 18.0 Å². The number of rotatable bonds is 4. The molecule has 2 aromatic rings. The van der Waals surface area contributed by atoms with Crippen molar-refractivity contribution in [2.24, 2.45) is 0 Å². The zero-order chi connectivity index (χ0) is 15.5. The maximum Gasteiger partial charge on any atom is 0.231 e. The molecule has 0 aromatic heterocycles. The average molecular weight is 318 g/mol. The van der Waals surface area contributed by atoms with Gasteiger partial charge in [0.15, 0.2) is 11.5 Å². The summed E-state index contributed by atoms with van der Waals surface area (Å²) in [6.07, 6.45) is 0.335. The van der Waals surface area contributed by atoms with Crippen LogP contribution in [0.3, 0.4) is 0 Å². The van der Waals surface area contributed by atoms with Crippen molar-refractivity contribution in [3.8, 4) is 11.5 Å². The van der Waals surface area contributed by atoms with Crippen LogP contribution in [0.15, 0.2) is 42.5 Å². The van der Waals surface area contributed by atoms with Crippen molar-refractivity contribution in [2.75, 3.05) is 13.8 Å². The number of carbonyl (C=O) groups is 1. The number of halogens is 1. The van der Waals surface area contributed by atoms with Crippen LogP contribution in [0, 0.1) is 0 Å². The van der Waals surface area contributed by atoms with E-state index >= 15 is 0 Å². The molecule has 22 heavy (non-hydrogen) atoms. The van der Waals surface area contributed by atoms with Crippen LogP contribution in [0.25, 0.3) is 0 Å². The molecule has 1 aliphatic rings. The summed E-state index contributed by atoms with van der Waals surface area (Å²) >= 11 is 5.94. The van der Waals surface area contributed by atoms with Gasteiger partial charge in [-0.2, -0.15) is 0 Å². The lowest BCUT2D eigenvalue weighted by molar-refractivity contribution is -0.129. The SMILES string of the molecule is CN(Cc1ccc2c(c1)OCO2)C(=O)Cc1cccc(Cl)c1. The first-order valence-corrected chi connectivity index (χ1v) is 7.36. The largest absolute Gasteiger partial charge is 0.454 e. The molecule has 0 N–H and O–H groups in total. The fourth-order valence-corrected chi connectivity index (χ4v) is 2.57. The Bertz CT molecular complexity index is 702. The molecule has 1 aliphatic heterocycles. The van der Waals surface area contributed by atoms with Gasteiger partial charge in [-0.15, -0.1) is 0 Å². The molecular weight excluding hydrogens is 302 g/mol. The van der Waals surface area contributed by atoms with Crippen LogP contribution in [-0.2, 0) is 17.8 Å². The van der Waals surface area contributed by atoms with Crippen LogP contribution < -0.4 is 9.47 Å². The highest BCUT2D eigenvalue weighted by molar-refractivity contribution is 6.30. The summed E-state index contributed by atoms with van der Waals surface area (Å²) < 4.78 is 10.6. The third-order valence-electron chi connectivity index (χ3n) is 3.53. The number of likely N-dealkylation sites (N-methyl/N-ethyl adjacent to an activating group) is 1. The highest BCUT2D eigenvalue weighted by Crippen LogP contribution is 2.32. The molecular formula is C17H16ClNO3. The zero-order valence-corrected chi connectivity index (χ0v) is 13.0. The first-order chi connectivity index (χ1) is 10.6. The summed E-state index contributed by atoms with van der Waals surface area (Å²) in [7, 11) is 1.79. The fourth-order valence-electron chi connectivity index (χ4n) is 2.36. The molecule has 0 radical (unpaired) electrons. The van der Waals surface area contributed by atoms with Crippen molar-refractivity contribution < 1.29 is 14.3 Å². The Morgan fingerprint density at radius 1 is 1.14 bits per heavy atom. The molecule has 0 saturated carbocycles. The van der Waals surface area contributed by atoms with Gasteiger partial charge in [-0.1, -0.05) is 29.8 Å². The van der Waals surface area contributed by atoms with Crippen molar-refractivity contribution >= 4 is 17.5 Å². The highest BCUT2D eigenvalue weighted by Gasteiger charge is 2.15. The Morgan fingerprint density at radius 2 is 1.95 bits per heavy atom. The maximum absolute atomic E-state index is 12.3. The van der Waals surface area contributed by atoms with E-state index in [4.69, 9.17) is 21.1 Å². The van der Waals surface area contributed by atoms with Crippen LogP contribution in [-0.4, -0.2) is 24.6 Å². The predicted octanol–water partition coefficient (Wildman–Crippen LogP) is 3.27. The lowest BCUT2D eigenvalue weighted by Gasteiger charge is -2.17. The minimum Gasteiger partial charge on any atom is -0.454 e. The molecule has 5 heteroatoms. The van der Waals surface area contributed by atoms with E-state index in [1.54, 1.807) is 18.0 Å². The fraction of sp³-hybridized carbons (Fsp3) is 0.235. The molecule has 2 aromatic carbocycles. The van der Waals surface area contributed by atoms with Crippen LogP contribution in [0.4, 0.5) is 0 Å². The molecule has 1 heterocycles. The number of carbonyl (C=O) groups excluding carboxylic acids is 1. The number of ether oxygens (including phenoxy) is 2. The summed E-state index contributed by atoms with van der Waals surface area (Å²) in [6.45, 7) is 0.776. The normalized spacial score (nSPS) is 12.3. The zero-order valence-electron chi connectivity index (χ0n) is 12.2. The van der Waals surface area contributed by atoms with Gasteiger partial charge in [0, 0.05) is 18.6 Å². The lowest BCUT2D eigenvalue weighted by atomic mass is 10.1. The maximum atomic E-state index is 12.3. The van der Waals surface area contributed by atoms with Gasteiger partial charge in [0.05, 0.1) is 6.42 Å². The van der Waals surface area contributed by atoms with E-state index in [-0.39, 0.29) is 12.7 Å². The average Bonchev–Trinajstić information content (AvgIpc) is 2.94. The molecule has 4 nitrogen and oxygen atoms in total. The van der Waals surface area contributed by atoms with E-state index in [0.717, 1.165) is 22.6 Å². The molecule has 3 rings (SSSR count). The number of fused-ring (bicyclic) bond motifs is 1. The first kappa shape index (κ1) is 14.7. The van der Waals surface area contributed by atoms with E-state index < -0.39 is 0 Å². The van der Waals surface area contributed by atoms with Crippen LogP contribution >= 0.6 is 11.6 Å².